The average molecular weight is 270 g/mol. The molecular formula is C13H32ClNO2. The fraction of sp³-hybridized carbons (Fsp3) is 0.923. The lowest BCUT2D eigenvalue weighted by molar-refractivity contribution is -0.870. The summed E-state index contributed by atoms with van der Waals surface area (Å²) in [7, 11) is 6.25. The third kappa shape index (κ3) is 12.0. The van der Waals surface area contributed by atoms with Gasteiger partial charge in [-0.2, -0.15) is 0 Å². The molecule has 0 spiro atoms. The molecule has 4 heteroatoms. The molecule has 0 unspecified atom stereocenters. The summed E-state index contributed by atoms with van der Waals surface area (Å²) in [5, 5.41) is 0. The number of likely N-dealkylation sites (N-methyl/N-ethyl adjacent to an activating group) is 1. The van der Waals surface area contributed by atoms with E-state index in [1.807, 2.05) is 20.8 Å². The van der Waals surface area contributed by atoms with Crippen molar-refractivity contribution in [1.29, 1.82) is 0 Å². The van der Waals surface area contributed by atoms with Crippen LogP contribution in [0.25, 0.3) is 0 Å². The monoisotopic (exact) mass is 269 g/mol. The van der Waals surface area contributed by atoms with E-state index in [-0.39, 0.29) is 38.6 Å². The van der Waals surface area contributed by atoms with Gasteiger partial charge in [0, 0.05) is 0 Å². The number of carbonyl (C=O) groups excluding carboxylic acids is 1. The van der Waals surface area contributed by atoms with Crippen molar-refractivity contribution in [3.05, 3.63) is 0 Å². The maximum Gasteiger partial charge on any atom is 0.311 e. The van der Waals surface area contributed by atoms with Crippen LogP contribution < -0.4 is 12.4 Å². The van der Waals surface area contributed by atoms with Crippen LogP contribution in [0.15, 0.2) is 0 Å². The Kier molecular flexibility index (Phi) is 14.6. The van der Waals surface area contributed by atoms with Crippen LogP contribution in [0.1, 0.15) is 42.0 Å². The fourth-order valence-corrected chi connectivity index (χ4v) is 0.752. The minimum absolute atomic E-state index is 0. The molecule has 0 aliphatic carbocycles. The predicted octanol–water partition coefficient (Wildman–Crippen LogP) is -0.0518. The summed E-state index contributed by atoms with van der Waals surface area (Å²) < 4.78 is 6.04. The quantitative estimate of drug-likeness (QED) is 0.517. The molecule has 0 saturated heterocycles. The molecule has 0 rings (SSSR count). The van der Waals surface area contributed by atoms with Crippen molar-refractivity contribution < 1.29 is 26.4 Å². The number of halogens is 1. The number of rotatable bonds is 5. The van der Waals surface area contributed by atoms with Gasteiger partial charge in [-0.3, -0.25) is 4.79 Å². The molecule has 0 saturated carbocycles. The average Bonchev–Trinajstić information content (AvgIpc) is 2.02. The van der Waals surface area contributed by atoms with Crippen molar-refractivity contribution in [1.82, 2.24) is 0 Å². The highest BCUT2D eigenvalue weighted by atomic mass is 35.5. The molecule has 0 aromatic rings. The zero-order chi connectivity index (χ0) is 11.4. The highest BCUT2D eigenvalue weighted by Gasteiger charge is 2.27. The first-order chi connectivity index (χ1) is 6.19. The van der Waals surface area contributed by atoms with Crippen LogP contribution in [0.2, 0.25) is 0 Å². The van der Waals surface area contributed by atoms with Gasteiger partial charge in [0.1, 0.15) is 13.2 Å². The van der Waals surface area contributed by atoms with E-state index in [0.29, 0.717) is 6.61 Å². The van der Waals surface area contributed by atoms with Gasteiger partial charge in [-0.1, -0.05) is 21.8 Å². The molecule has 0 aliphatic rings. The summed E-state index contributed by atoms with van der Waals surface area (Å²) in [4.78, 5) is 11.6. The summed E-state index contributed by atoms with van der Waals surface area (Å²) in [6, 6.07) is 0. The Morgan fingerprint density at radius 2 is 1.59 bits per heavy atom. The Bertz CT molecular complexity index is 198. The van der Waals surface area contributed by atoms with Crippen LogP contribution in [0.3, 0.4) is 0 Å². The molecule has 0 aromatic heterocycles. The van der Waals surface area contributed by atoms with Crippen molar-refractivity contribution in [2.75, 3.05) is 34.3 Å². The van der Waals surface area contributed by atoms with Crippen LogP contribution in [0.5, 0.6) is 0 Å². The largest absolute Gasteiger partial charge is 1.00 e. The molecule has 0 bridgehead atoms. The first-order valence-corrected chi connectivity index (χ1v) is 5.17. The van der Waals surface area contributed by atoms with E-state index in [9.17, 15) is 4.79 Å². The number of hydrogen-bond donors (Lipinski definition) is 0. The van der Waals surface area contributed by atoms with Crippen molar-refractivity contribution >= 4 is 5.97 Å². The molecule has 0 heterocycles. The summed E-state index contributed by atoms with van der Waals surface area (Å²) in [6.45, 7) is 7.20. The van der Waals surface area contributed by atoms with Crippen LogP contribution >= 0.6 is 0 Å². The van der Waals surface area contributed by atoms with Gasteiger partial charge in [0.15, 0.2) is 0 Å². The Morgan fingerprint density at radius 1 is 1.18 bits per heavy atom. The molecule has 0 fully saturated rings. The van der Waals surface area contributed by atoms with Gasteiger partial charge in [0.2, 0.25) is 0 Å². The molecule has 3 nitrogen and oxygen atoms in total. The second kappa shape index (κ2) is 9.72. The topological polar surface area (TPSA) is 26.3 Å². The Balaban J connectivity index is -0.000000282. The van der Waals surface area contributed by atoms with E-state index < -0.39 is 0 Å². The lowest BCUT2D eigenvalue weighted by Gasteiger charge is -2.25. The maximum atomic E-state index is 11.6. The molecule has 0 N–H and O–H groups in total. The second-order valence-electron chi connectivity index (χ2n) is 5.39. The number of ether oxygens (including phenoxy) is 1. The standard InChI is InChI=1S/C11H24NO2.2CH4.ClH/c1-7-11(2,3)10(13)14-9-8-12(4,5)6;;;/h7-9H2,1-6H3;2*1H4;1H/q+1;;;/p-1. The third-order valence-electron chi connectivity index (χ3n) is 2.43. The SMILES string of the molecule is C.C.CCC(C)(C)C(=O)OCC[N+](C)(C)C.[Cl-]. The number of hydrogen-bond acceptors (Lipinski definition) is 2. The van der Waals surface area contributed by atoms with Gasteiger partial charge in [-0.25, -0.2) is 0 Å². The summed E-state index contributed by atoms with van der Waals surface area (Å²) in [5.74, 6) is -0.0894. The Labute approximate surface area is 115 Å². The van der Waals surface area contributed by atoms with E-state index in [2.05, 4.69) is 21.1 Å². The zero-order valence-electron chi connectivity index (χ0n) is 10.8. The van der Waals surface area contributed by atoms with Crippen LogP contribution in [0, 0.1) is 5.41 Å². The van der Waals surface area contributed by atoms with E-state index in [1.54, 1.807) is 0 Å². The normalized spacial score (nSPS) is 10.5. The molecule has 0 atom stereocenters. The third-order valence-corrected chi connectivity index (χ3v) is 2.43. The first-order valence-electron chi connectivity index (χ1n) is 5.17. The number of quaternary nitrogens is 1. The summed E-state index contributed by atoms with van der Waals surface area (Å²) >= 11 is 0. The lowest BCUT2D eigenvalue weighted by atomic mass is 9.91. The summed E-state index contributed by atoms with van der Waals surface area (Å²) in [5.41, 5.74) is -0.342. The molecule has 0 aliphatic heterocycles. The fourth-order valence-electron chi connectivity index (χ4n) is 0.752. The highest BCUT2D eigenvalue weighted by molar-refractivity contribution is 5.75. The van der Waals surface area contributed by atoms with Gasteiger partial charge >= 0.3 is 5.97 Å². The number of nitrogens with zero attached hydrogens (tertiary/aromatic N) is 1. The second-order valence-corrected chi connectivity index (χ2v) is 5.39. The van der Waals surface area contributed by atoms with Crippen LogP contribution in [-0.4, -0.2) is 44.7 Å². The molecule has 0 radical (unpaired) electrons. The first kappa shape index (κ1) is 25.5. The van der Waals surface area contributed by atoms with E-state index in [1.165, 1.54) is 0 Å². The van der Waals surface area contributed by atoms with E-state index in [0.717, 1.165) is 17.4 Å². The zero-order valence-corrected chi connectivity index (χ0v) is 11.5. The molecule has 0 amide bonds. The van der Waals surface area contributed by atoms with Gasteiger partial charge < -0.3 is 21.6 Å². The highest BCUT2D eigenvalue weighted by Crippen LogP contribution is 2.21. The van der Waals surface area contributed by atoms with Crippen molar-refractivity contribution in [3.63, 3.8) is 0 Å². The number of esters is 1. The molecular weight excluding hydrogens is 238 g/mol. The van der Waals surface area contributed by atoms with Crippen molar-refractivity contribution in [2.24, 2.45) is 5.41 Å². The minimum atomic E-state index is -0.342. The van der Waals surface area contributed by atoms with Gasteiger partial charge in [0.05, 0.1) is 26.6 Å². The smallest absolute Gasteiger partial charge is 0.311 e. The molecule has 0 aromatic carbocycles. The molecule has 17 heavy (non-hydrogen) atoms. The lowest BCUT2D eigenvalue weighted by Crippen LogP contribution is -3.00. The van der Waals surface area contributed by atoms with Crippen LogP contribution in [0.4, 0.5) is 0 Å². The van der Waals surface area contributed by atoms with E-state index >= 15 is 0 Å². The van der Waals surface area contributed by atoms with Gasteiger partial charge in [-0.15, -0.1) is 0 Å². The molecule has 108 valence electrons. The summed E-state index contributed by atoms with van der Waals surface area (Å²) in [6.07, 6.45) is 0.816. The maximum absolute atomic E-state index is 11.6. The van der Waals surface area contributed by atoms with Crippen LogP contribution in [-0.2, 0) is 9.53 Å². The number of carbonyl (C=O) groups is 1. The Hall–Kier alpha value is -0.280. The van der Waals surface area contributed by atoms with Crippen molar-refractivity contribution in [3.8, 4) is 0 Å². The predicted molar refractivity (Wildman–Crippen MR) is 71.4 cm³/mol. The van der Waals surface area contributed by atoms with Crippen molar-refractivity contribution in [2.45, 2.75) is 42.0 Å². The minimum Gasteiger partial charge on any atom is -1.00 e. The van der Waals surface area contributed by atoms with E-state index in [4.69, 9.17) is 4.74 Å². The van der Waals surface area contributed by atoms with Gasteiger partial charge in [0.25, 0.3) is 0 Å². The van der Waals surface area contributed by atoms with Gasteiger partial charge in [-0.05, 0) is 20.3 Å². The Morgan fingerprint density at radius 3 is 1.88 bits per heavy atom.